The number of carbonyl (C=O) groups is 2. The summed E-state index contributed by atoms with van der Waals surface area (Å²) in [7, 11) is 0. The number of carbonyl (C=O) groups excluding carboxylic acids is 2. The lowest BCUT2D eigenvalue weighted by Crippen LogP contribution is -2.05. The molecule has 0 amide bonds. The molecule has 0 unspecified atom stereocenters. The summed E-state index contributed by atoms with van der Waals surface area (Å²) >= 11 is 0. The van der Waals surface area contributed by atoms with Gasteiger partial charge >= 0.3 is 0 Å². The van der Waals surface area contributed by atoms with Gasteiger partial charge in [-0.05, 0) is 38.2 Å². The third kappa shape index (κ3) is 8.82. The van der Waals surface area contributed by atoms with Gasteiger partial charge in [0.25, 0.3) is 0 Å². The fraction of sp³-hybridized carbons (Fsp3) is 0.444. The zero-order valence-corrected chi connectivity index (χ0v) is 14.2. The van der Waals surface area contributed by atoms with E-state index in [1.807, 2.05) is 12.1 Å². The van der Waals surface area contributed by atoms with Crippen LogP contribution in [0.25, 0.3) is 0 Å². The van der Waals surface area contributed by atoms with Crippen LogP contribution in [0.1, 0.15) is 55.5 Å². The molecule has 0 fully saturated rings. The van der Waals surface area contributed by atoms with Gasteiger partial charge in [0.1, 0.15) is 25.2 Å². The summed E-state index contributed by atoms with van der Waals surface area (Å²) in [5.74, 6) is -0.0765. The number of Topliss-reactive ketones (excluding diaryl/α,β-unsaturated/α-hetero) is 1. The molecule has 6 nitrogen and oxygen atoms in total. The second-order valence-corrected chi connectivity index (χ2v) is 5.33. The van der Waals surface area contributed by atoms with Crippen LogP contribution in [-0.4, -0.2) is 37.2 Å². The van der Waals surface area contributed by atoms with Crippen LogP contribution in [0.3, 0.4) is 0 Å². The minimum atomic E-state index is -0.0765. The number of aldehydes is 1. The van der Waals surface area contributed by atoms with Crippen LogP contribution < -0.4 is 0 Å². The predicted octanol–water partition coefficient (Wildman–Crippen LogP) is 3.39. The average Bonchev–Trinajstić information content (AvgIpc) is 2.59. The van der Waals surface area contributed by atoms with Gasteiger partial charge in [0, 0.05) is 12.5 Å². The SMILES string of the molecule is CC(=O)/C(C)=N\OCCCCCCO/N=C\c1ccc(C=O)cc1. The maximum Gasteiger partial charge on any atom is 0.177 e. The molecule has 1 rings (SSSR count). The summed E-state index contributed by atoms with van der Waals surface area (Å²) in [5.41, 5.74) is 1.92. The zero-order valence-electron chi connectivity index (χ0n) is 14.2. The first-order valence-corrected chi connectivity index (χ1v) is 8.01. The summed E-state index contributed by atoms with van der Waals surface area (Å²) in [4.78, 5) is 31.7. The molecule has 0 saturated heterocycles. The Balaban J connectivity index is 2.00. The van der Waals surface area contributed by atoms with Crippen molar-refractivity contribution < 1.29 is 19.3 Å². The van der Waals surface area contributed by atoms with E-state index in [1.165, 1.54) is 6.92 Å². The maximum atomic E-state index is 10.9. The lowest BCUT2D eigenvalue weighted by Gasteiger charge is -2.01. The third-order valence-corrected chi connectivity index (χ3v) is 3.28. The molecule has 1 aromatic rings. The van der Waals surface area contributed by atoms with Crippen LogP contribution in [0.5, 0.6) is 0 Å². The number of unbranched alkanes of at least 4 members (excludes halogenated alkanes) is 3. The molecule has 6 heteroatoms. The van der Waals surface area contributed by atoms with Gasteiger partial charge in [-0.2, -0.15) is 0 Å². The molecule has 0 atom stereocenters. The maximum absolute atomic E-state index is 10.9. The number of rotatable bonds is 12. The van der Waals surface area contributed by atoms with Gasteiger partial charge in [-0.3, -0.25) is 9.59 Å². The van der Waals surface area contributed by atoms with Crippen molar-refractivity contribution in [3.63, 3.8) is 0 Å². The van der Waals surface area contributed by atoms with Crippen molar-refractivity contribution in [2.24, 2.45) is 10.3 Å². The van der Waals surface area contributed by atoms with Gasteiger partial charge < -0.3 is 9.68 Å². The largest absolute Gasteiger partial charge is 0.396 e. The molecule has 130 valence electrons. The number of nitrogens with zero attached hydrogens (tertiary/aromatic N) is 2. The molecule has 0 spiro atoms. The molecule has 1 aromatic carbocycles. The standard InChI is InChI=1S/C18H24N2O4/c1-15(16(2)22)20-24-12-6-4-3-5-11-23-19-13-17-7-9-18(14-21)10-8-17/h7-10,13-14H,3-6,11-12H2,1-2H3/b19-13-,20-15-. The van der Waals surface area contributed by atoms with Crippen LogP contribution in [-0.2, 0) is 14.5 Å². The molecule has 0 aromatic heterocycles. The molecule has 0 radical (unpaired) electrons. The molecule has 0 saturated carbocycles. The average molecular weight is 332 g/mol. The molecule has 0 N–H and O–H groups in total. The quantitative estimate of drug-likeness (QED) is 0.254. The van der Waals surface area contributed by atoms with Gasteiger partial charge in [-0.15, -0.1) is 0 Å². The van der Waals surface area contributed by atoms with Crippen molar-refractivity contribution >= 4 is 24.0 Å². The van der Waals surface area contributed by atoms with Crippen molar-refractivity contribution in [3.05, 3.63) is 35.4 Å². The van der Waals surface area contributed by atoms with E-state index < -0.39 is 0 Å². The van der Waals surface area contributed by atoms with Crippen molar-refractivity contribution in [2.75, 3.05) is 13.2 Å². The lowest BCUT2D eigenvalue weighted by atomic mass is 10.2. The molecular formula is C18H24N2O4. The Labute approximate surface area is 142 Å². The van der Waals surface area contributed by atoms with Crippen LogP contribution in [0, 0.1) is 0 Å². The second-order valence-electron chi connectivity index (χ2n) is 5.33. The van der Waals surface area contributed by atoms with E-state index in [9.17, 15) is 9.59 Å². The molecule has 0 bridgehead atoms. The van der Waals surface area contributed by atoms with Crippen LogP contribution >= 0.6 is 0 Å². The van der Waals surface area contributed by atoms with Gasteiger partial charge in [0.15, 0.2) is 5.78 Å². The van der Waals surface area contributed by atoms with Crippen LogP contribution in [0.2, 0.25) is 0 Å². The first-order chi connectivity index (χ1) is 11.6. The third-order valence-electron chi connectivity index (χ3n) is 3.28. The molecule has 0 heterocycles. The van der Waals surface area contributed by atoms with E-state index >= 15 is 0 Å². The van der Waals surface area contributed by atoms with Gasteiger partial charge in [-0.1, -0.05) is 34.6 Å². The van der Waals surface area contributed by atoms with Crippen molar-refractivity contribution in [1.82, 2.24) is 0 Å². The zero-order chi connectivity index (χ0) is 17.6. The molecular weight excluding hydrogens is 308 g/mol. The number of hydrogen-bond acceptors (Lipinski definition) is 6. The first kappa shape index (κ1) is 19.5. The Bertz CT molecular complexity index is 565. The first-order valence-electron chi connectivity index (χ1n) is 8.01. The lowest BCUT2D eigenvalue weighted by molar-refractivity contribution is -0.111. The Hall–Kier alpha value is -2.50. The summed E-state index contributed by atoms with van der Waals surface area (Å²) in [6.45, 7) is 4.17. The molecule has 0 aliphatic rings. The topological polar surface area (TPSA) is 77.3 Å². The van der Waals surface area contributed by atoms with Crippen LogP contribution in [0.4, 0.5) is 0 Å². The Kier molecular flexibility index (Phi) is 9.76. The minimum Gasteiger partial charge on any atom is -0.396 e. The summed E-state index contributed by atoms with van der Waals surface area (Å²) in [6.07, 6.45) is 6.26. The van der Waals surface area contributed by atoms with Gasteiger partial charge in [0.05, 0.1) is 6.21 Å². The monoisotopic (exact) mass is 332 g/mol. The molecule has 24 heavy (non-hydrogen) atoms. The second kappa shape index (κ2) is 12.0. The Morgan fingerprint density at radius 3 is 2.12 bits per heavy atom. The van der Waals surface area contributed by atoms with Crippen molar-refractivity contribution in [3.8, 4) is 0 Å². The number of hydrogen-bond donors (Lipinski definition) is 0. The van der Waals surface area contributed by atoms with Gasteiger partial charge in [-0.25, -0.2) is 0 Å². The highest BCUT2D eigenvalue weighted by Crippen LogP contribution is 2.02. The fourth-order valence-electron chi connectivity index (χ4n) is 1.70. The van der Waals surface area contributed by atoms with Crippen molar-refractivity contribution in [1.29, 1.82) is 0 Å². The highest BCUT2D eigenvalue weighted by molar-refractivity contribution is 6.37. The normalized spacial score (nSPS) is 11.5. The van der Waals surface area contributed by atoms with E-state index in [4.69, 9.17) is 9.68 Å². The Morgan fingerprint density at radius 2 is 1.54 bits per heavy atom. The molecule has 0 aliphatic carbocycles. The Morgan fingerprint density at radius 1 is 0.958 bits per heavy atom. The summed E-state index contributed by atoms with van der Waals surface area (Å²) in [6, 6.07) is 7.09. The predicted molar refractivity (Wildman–Crippen MR) is 93.6 cm³/mol. The van der Waals surface area contributed by atoms with E-state index in [0.717, 1.165) is 37.5 Å². The number of oxime groups is 2. The van der Waals surface area contributed by atoms with E-state index in [0.29, 0.717) is 24.5 Å². The van der Waals surface area contributed by atoms with E-state index in [-0.39, 0.29) is 5.78 Å². The fourth-order valence-corrected chi connectivity index (χ4v) is 1.70. The number of ketones is 1. The highest BCUT2D eigenvalue weighted by Gasteiger charge is 1.97. The smallest absolute Gasteiger partial charge is 0.177 e. The van der Waals surface area contributed by atoms with Crippen molar-refractivity contribution in [2.45, 2.75) is 39.5 Å². The van der Waals surface area contributed by atoms with Gasteiger partial charge in [0.2, 0.25) is 0 Å². The summed E-state index contributed by atoms with van der Waals surface area (Å²) in [5, 5.41) is 7.62. The summed E-state index contributed by atoms with van der Waals surface area (Å²) < 4.78 is 0. The van der Waals surface area contributed by atoms with E-state index in [1.54, 1.807) is 25.3 Å². The van der Waals surface area contributed by atoms with E-state index in [2.05, 4.69) is 10.3 Å². The number of benzene rings is 1. The van der Waals surface area contributed by atoms with Crippen LogP contribution in [0.15, 0.2) is 34.6 Å². The molecule has 0 aliphatic heterocycles. The minimum absolute atomic E-state index is 0.0765. The highest BCUT2D eigenvalue weighted by atomic mass is 16.6.